The second-order valence-corrected chi connectivity index (χ2v) is 5.95. The number of piperidine rings is 1. The zero-order valence-electron chi connectivity index (χ0n) is 15.0. The van der Waals surface area contributed by atoms with Crippen molar-refractivity contribution in [1.82, 2.24) is 0 Å². The summed E-state index contributed by atoms with van der Waals surface area (Å²) in [7, 11) is 4.87. The summed E-state index contributed by atoms with van der Waals surface area (Å²) in [6.45, 7) is 5.03. The number of carbonyl (C=O) groups excluding carboxylic acids is 1. The molecule has 0 unspecified atom stereocenters. The van der Waals surface area contributed by atoms with Crippen LogP contribution < -0.4 is 19.1 Å². The van der Waals surface area contributed by atoms with Crippen LogP contribution in [0, 0.1) is 5.92 Å². The van der Waals surface area contributed by atoms with Crippen LogP contribution in [0.5, 0.6) is 17.2 Å². The van der Waals surface area contributed by atoms with Crippen LogP contribution in [-0.2, 0) is 16.1 Å². The standard InChI is InChI=1S/C18H27NO5/c1-5-24-18(20)13-8-10-19(11-9-13)12-14-6-7-15(21-2)17(23-4)16(14)22-3/h6-7,13H,5,8-12H2,1-4H3/p+1. The summed E-state index contributed by atoms with van der Waals surface area (Å²) in [5.74, 6) is 1.99. The van der Waals surface area contributed by atoms with Crippen molar-refractivity contribution in [2.75, 3.05) is 41.0 Å². The van der Waals surface area contributed by atoms with E-state index < -0.39 is 0 Å². The third-order valence-electron chi connectivity index (χ3n) is 4.54. The third-order valence-corrected chi connectivity index (χ3v) is 4.54. The molecule has 2 rings (SSSR count). The van der Waals surface area contributed by atoms with Crippen molar-refractivity contribution in [3.63, 3.8) is 0 Å². The number of esters is 1. The molecule has 24 heavy (non-hydrogen) atoms. The highest BCUT2D eigenvalue weighted by molar-refractivity contribution is 5.72. The lowest BCUT2D eigenvalue weighted by Crippen LogP contribution is -3.11. The summed E-state index contributed by atoms with van der Waals surface area (Å²) in [4.78, 5) is 13.3. The van der Waals surface area contributed by atoms with Crippen molar-refractivity contribution in [2.45, 2.75) is 26.3 Å². The molecular weight excluding hydrogens is 310 g/mol. The third kappa shape index (κ3) is 4.12. The molecule has 6 nitrogen and oxygen atoms in total. The van der Waals surface area contributed by atoms with Crippen LogP contribution in [0.25, 0.3) is 0 Å². The van der Waals surface area contributed by atoms with Gasteiger partial charge in [0, 0.05) is 12.8 Å². The number of hydrogen-bond acceptors (Lipinski definition) is 5. The molecule has 0 saturated carbocycles. The fourth-order valence-corrected chi connectivity index (χ4v) is 3.27. The molecule has 0 aromatic heterocycles. The molecule has 1 aromatic rings. The molecular formula is C18H28NO5+. The van der Waals surface area contributed by atoms with Crippen LogP contribution in [-0.4, -0.2) is 47.0 Å². The van der Waals surface area contributed by atoms with Gasteiger partial charge >= 0.3 is 5.97 Å². The lowest BCUT2D eigenvalue weighted by Gasteiger charge is -2.28. The lowest BCUT2D eigenvalue weighted by molar-refractivity contribution is -0.919. The Morgan fingerprint density at radius 3 is 2.29 bits per heavy atom. The second-order valence-electron chi connectivity index (χ2n) is 5.95. The number of quaternary nitrogens is 1. The summed E-state index contributed by atoms with van der Waals surface area (Å²) in [5.41, 5.74) is 1.08. The molecule has 6 heteroatoms. The normalized spacial score (nSPS) is 20.3. The molecule has 0 bridgehead atoms. The maximum atomic E-state index is 11.8. The highest BCUT2D eigenvalue weighted by Crippen LogP contribution is 2.39. The second kappa shape index (κ2) is 8.78. The first-order valence-electron chi connectivity index (χ1n) is 8.42. The van der Waals surface area contributed by atoms with Gasteiger partial charge in [-0.05, 0) is 19.1 Å². The van der Waals surface area contributed by atoms with Crippen LogP contribution in [0.1, 0.15) is 25.3 Å². The number of nitrogens with one attached hydrogen (secondary N) is 1. The Labute approximate surface area is 143 Å². The van der Waals surface area contributed by atoms with E-state index in [9.17, 15) is 4.79 Å². The van der Waals surface area contributed by atoms with E-state index in [1.54, 1.807) is 21.3 Å². The maximum absolute atomic E-state index is 11.8. The Morgan fingerprint density at radius 1 is 1.08 bits per heavy atom. The van der Waals surface area contributed by atoms with Crippen LogP contribution in [0.4, 0.5) is 0 Å². The highest BCUT2D eigenvalue weighted by atomic mass is 16.5. The van der Waals surface area contributed by atoms with Gasteiger partial charge < -0.3 is 23.8 Å². The van der Waals surface area contributed by atoms with Gasteiger partial charge in [-0.2, -0.15) is 0 Å². The van der Waals surface area contributed by atoms with Gasteiger partial charge in [-0.3, -0.25) is 4.79 Å². The molecule has 1 aromatic carbocycles. The molecule has 0 atom stereocenters. The van der Waals surface area contributed by atoms with E-state index in [0.29, 0.717) is 18.1 Å². The van der Waals surface area contributed by atoms with Crippen molar-refractivity contribution in [2.24, 2.45) is 5.92 Å². The van der Waals surface area contributed by atoms with Gasteiger partial charge in [0.05, 0.1) is 52.5 Å². The first-order chi connectivity index (χ1) is 11.6. The Hall–Kier alpha value is -1.95. The summed E-state index contributed by atoms with van der Waals surface area (Å²) >= 11 is 0. The van der Waals surface area contributed by atoms with Crippen LogP contribution in [0.3, 0.4) is 0 Å². The summed E-state index contributed by atoms with van der Waals surface area (Å²) < 4.78 is 21.4. The Bertz CT molecular complexity index is 553. The molecule has 0 aliphatic carbocycles. The monoisotopic (exact) mass is 338 g/mol. The average molecular weight is 338 g/mol. The van der Waals surface area contributed by atoms with Crippen LogP contribution >= 0.6 is 0 Å². The van der Waals surface area contributed by atoms with Crippen LogP contribution in [0.2, 0.25) is 0 Å². The Balaban J connectivity index is 2.03. The van der Waals surface area contributed by atoms with E-state index in [4.69, 9.17) is 18.9 Å². The number of methoxy groups -OCH3 is 3. The Morgan fingerprint density at radius 2 is 1.75 bits per heavy atom. The molecule has 1 saturated heterocycles. The highest BCUT2D eigenvalue weighted by Gasteiger charge is 2.29. The van der Waals surface area contributed by atoms with E-state index in [0.717, 1.165) is 43.8 Å². The van der Waals surface area contributed by atoms with Gasteiger partial charge in [0.1, 0.15) is 6.54 Å². The summed E-state index contributed by atoms with van der Waals surface area (Å²) in [6, 6.07) is 3.92. The fraction of sp³-hybridized carbons (Fsp3) is 0.611. The zero-order valence-corrected chi connectivity index (χ0v) is 15.0. The topological polar surface area (TPSA) is 58.4 Å². The maximum Gasteiger partial charge on any atom is 0.309 e. The summed E-state index contributed by atoms with van der Waals surface area (Å²) in [6.07, 6.45) is 1.73. The minimum absolute atomic E-state index is 0.0426. The van der Waals surface area contributed by atoms with Gasteiger partial charge in [-0.1, -0.05) is 0 Å². The molecule has 1 fully saturated rings. The van der Waals surface area contributed by atoms with Crippen molar-refractivity contribution >= 4 is 5.97 Å². The largest absolute Gasteiger partial charge is 0.493 e. The van der Waals surface area contributed by atoms with Gasteiger partial charge in [0.15, 0.2) is 11.5 Å². The van der Waals surface area contributed by atoms with Gasteiger partial charge in [-0.25, -0.2) is 0 Å². The number of hydrogen-bond donors (Lipinski definition) is 1. The van der Waals surface area contributed by atoms with Gasteiger partial charge in [0.25, 0.3) is 0 Å². The first kappa shape index (κ1) is 18.4. The first-order valence-corrected chi connectivity index (χ1v) is 8.42. The van der Waals surface area contributed by atoms with E-state index in [2.05, 4.69) is 0 Å². The SMILES string of the molecule is CCOC(=O)C1CC[NH+](Cc2ccc(OC)c(OC)c2OC)CC1. The van der Waals surface area contributed by atoms with Crippen molar-refractivity contribution in [3.05, 3.63) is 17.7 Å². The number of rotatable bonds is 7. The van der Waals surface area contributed by atoms with Crippen molar-refractivity contribution in [1.29, 1.82) is 0 Å². The minimum Gasteiger partial charge on any atom is -0.493 e. The minimum atomic E-state index is -0.0553. The van der Waals surface area contributed by atoms with Gasteiger partial charge in [0.2, 0.25) is 5.75 Å². The van der Waals surface area contributed by atoms with E-state index in [-0.39, 0.29) is 11.9 Å². The Kier molecular flexibility index (Phi) is 6.73. The molecule has 1 aliphatic rings. The molecule has 1 heterocycles. The molecule has 0 spiro atoms. The predicted molar refractivity (Wildman–Crippen MR) is 89.9 cm³/mol. The molecule has 1 aliphatic heterocycles. The zero-order chi connectivity index (χ0) is 17.5. The smallest absolute Gasteiger partial charge is 0.309 e. The van der Waals surface area contributed by atoms with Crippen LogP contribution in [0.15, 0.2) is 12.1 Å². The number of likely N-dealkylation sites (tertiary alicyclic amines) is 1. The number of benzene rings is 1. The lowest BCUT2D eigenvalue weighted by atomic mass is 9.96. The molecule has 134 valence electrons. The molecule has 0 radical (unpaired) electrons. The predicted octanol–water partition coefficient (Wildman–Crippen LogP) is 1.07. The number of ether oxygens (including phenoxy) is 4. The fourth-order valence-electron chi connectivity index (χ4n) is 3.27. The van der Waals surface area contributed by atoms with E-state index >= 15 is 0 Å². The molecule has 1 N–H and O–H groups in total. The quantitative estimate of drug-likeness (QED) is 0.754. The number of carbonyl (C=O) groups is 1. The van der Waals surface area contributed by atoms with Crippen molar-refractivity contribution in [3.8, 4) is 17.2 Å². The van der Waals surface area contributed by atoms with E-state index in [1.807, 2.05) is 19.1 Å². The average Bonchev–Trinajstić information content (AvgIpc) is 2.61. The molecule has 0 amide bonds. The summed E-state index contributed by atoms with van der Waals surface area (Å²) in [5, 5.41) is 0. The van der Waals surface area contributed by atoms with E-state index in [1.165, 1.54) is 4.90 Å². The van der Waals surface area contributed by atoms with Gasteiger partial charge in [-0.15, -0.1) is 0 Å². The van der Waals surface area contributed by atoms with Crippen molar-refractivity contribution < 1.29 is 28.6 Å².